The first-order chi connectivity index (χ1) is 19.3. The third-order valence-corrected chi connectivity index (χ3v) is 6.64. The van der Waals surface area contributed by atoms with Gasteiger partial charge in [-0.2, -0.15) is 0 Å². The predicted octanol–water partition coefficient (Wildman–Crippen LogP) is 9.69. The van der Waals surface area contributed by atoms with Crippen molar-refractivity contribution in [3.8, 4) is 11.5 Å². The quantitative estimate of drug-likeness (QED) is 0.120. The van der Waals surface area contributed by atoms with Crippen LogP contribution in [0.3, 0.4) is 0 Å². The molecule has 3 rings (SSSR count). The number of hydrogen-bond acceptors (Lipinski definition) is 5. The van der Waals surface area contributed by atoms with Gasteiger partial charge >= 0.3 is 0 Å². The molecule has 0 amide bonds. The molecule has 0 aromatic heterocycles. The number of nitrogens with one attached hydrogen (secondary N) is 1. The van der Waals surface area contributed by atoms with Gasteiger partial charge in [-0.05, 0) is 62.6 Å². The van der Waals surface area contributed by atoms with Gasteiger partial charge < -0.3 is 14.2 Å². The molecule has 0 atom stereocenters. The van der Waals surface area contributed by atoms with Crippen LogP contribution < -0.4 is 14.2 Å². The van der Waals surface area contributed by atoms with Crippen LogP contribution in [0.15, 0.2) is 40.9 Å². The highest BCUT2D eigenvalue weighted by Crippen LogP contribution is 2.36. The number of nitrogens with zero attached hydrogens (tertiary/aromatic N) is 1. The van der Waals surface area contributed by atoms with E-state index in [4.69, 9.17) is 8.92 Å². The SMILES string of the molecule is CC.CCCN=Cc1cc(C)cc(C(C)(C)C)c1OCC.Cc1cc(CNCCC2=C[CH]2)c(OS)c(C(C)(C)C)c1. The Hall–Kier alpha value is -2.24. The van der Waals surface area contributed by atoms with Gasteiger partial charge in [0.2, 0.25) is 0 Å². The summed E-state index contributed by atoms with van der Waals surface area (Å²) in [5.74, 6) is 1.89. The number of hydrogen-bond donors (Lipinski definition) is 2. The molecule has 1 N–H and O–H groups in total. The Morgan fingerprint density at radius 3 is 1.93 bits per heavy atom. The lowest BCUT2D eigenvalue weighted by molar-refractivity contribution is 0.329. The molecule has 1 aliphatic carbocycles. The van der Waals surface area contributed by atoms with E-state index in [9.17, 15) is 0 Å². The summed E-state index contributed by atoms with van der Waals surface area (Å²) in [5, 5.41) is 3.48. The fourth-order valence-corrected chi connectivity index (χ4v) is 4.59. The highest BCUT2D eigenvalue weighted by molar-refractivity contribution is 7.75. The average Bonchev–Trinajstić information content (AvgIpc) is 3.73. The van der Waals surface area contributed by atoms with E-state index in [2.05, 4.69) is 122 Å². The molecule has 1 aliphatic rings. The minimum Gasteiger partial charge on any atom is -0.493 e. The second-order valence-electron chi connectivity index (χ2n) is 12.4. The Kier molecular flexibility index (Phi) is 15.8. The molecular weight excluding hydrogens is 524 g/mol. The zero-order chi connectivity index (χ0) is 31.2. The van der Waals surface area contributed by atoms with Crippen LogP contribution >= 0.6 is 12.9 Å². The number of rotatable bonds is 11. The van der Waals surface area contributed by atoms with Crippen molar-refractivity contribution in [1.82, 2.24) is 5.32 Å². The molecule has 5 heteroatoms. The van der Waals surface area contributed by atoms with Crippen molar-refractivity contribution in [3.63, 3.8) is 0 Å². The monoisotopic (exact) mass is 581 g/mol. The molecule has 2 aromatic rings. The van der Waals surface area contributed by atoms with E-state index in [1.54, 1.807) is 0 Å². The second-order valence-corrected chi connectivity index (χ2v) is 12.6. The molecular formula is C36H57N2O2S. The topological polar surface area (TPSA) is 42.8 Å². The molecule has 229 valence electrons. The normalized spacial score (nSPS) is 12.7. The smallest absolute Gasteiger partial charge is 0.145 e. The van der Waals surface area contributed by atoms with Gasteiger partial charge in [0.25, 0.3) is 0 Å². The molecule has 2 aromatic carbocycles. The Labute approximate surface area is 258 Å². The third-order valence-electron chi connectivity index (χ3n) is 6.46. The van der Waals surface area contributed by atoms with Crippen LogP contribution in [0.4, 0.5) is 0 Å². The van der Waals surface area contributed by atoms with E-state index >= 15 is 0 Å². The highest BCUT2D eigenvalue weighted by atomic mass is 32.1. The van der Waals surface area contributed by atoms with Crippen molar-refractivity contribution in [2.45, 2.75) is 113 Å². The van der Waals surface area contributed by atoms with Crippen LogP contribution in [0.5, 0.6) is 11.5 Å². The molecule has 0 saturated heterocycles. The molecule has 0 aliphatic heterocycles. The lowest BCUT2D eigenvalue weighted by Crippen LogP contribution is -2.18. The first-order valence-corrected chi connectivity index (χ1v) is 15.7. The van der Waals surface area contributed by atoms with Crippen LogP contribution in [0.2, 0.25) is 0 Å². The van der Waals surface area contributed by atoms with E-state index < -0.39 is 0 Å². The Morgan fingerprint density at radius 1 is 0.878 bits per heavy atom. The fourth-order valence-electron chi connectivity index (χ4n) is 4.38. The molecule has 4 nitrogen and oxygen atoms in total. The van der Waals surface area contributed by atoms with Crippen LogP contribution in [-0.4, -0.2) is 25.9 Å². The van der Waals surface area contributed by atoms with Crippen LogP contribution in [0.1, 0.15) is 115 Å². The zero-order valence-corrected chi connectivity index (χ0v) is 28.9. The number of aryl methyl sites for hydroxylation is 2. The van der Waals surface area contributed by atoms with Crippen LogP contribution in [0.25, 0.3) is 0 Å². The summed E-state index contributed by atoms with van der Waals surface area (Å²) in [6.45, 7) is 29.0. The van der Waals surface area contributed by atoms with Crippen molar-refractivity contribution >= 4 is 19.1 Å². The second kappa shape index (κ2) is 17.7. The van der Waals surface area contributed by atoms with Gasteiger partial charge in [0.15, 0.2) is 0 Å². The van der Waals surface area contributed by atoms with E-state index in [1.807, 2.05) is 27.0 Å². The largest absolute Gasteiger partial charge is 0.493 e. The van der Waals surface area contributed by atoms with Crippen LogP contribution in [-0.2, 0) is 17.4 Å². The van der Waals surface area contributed by atoms with Crippen LogP contribution in [0, 0.1) is 20.3 Å². The summed E-state index contributed by atoms with van der Waals surface area (Å²) in [4.78, 5) is 4.46. The van der Waals surface area contributed by atoms with E-state index in [1.165, 1.54) is 33.4 Å². The van der Waals surface area contributed by atoms with E-state index in [-0.39, 0.29) is 10.8 Å². The van der Waals surface area contributed by atoms with E-state index in [0.29, 0.717) is 6.61 Å². The summed E-state index contributed by atoms with van der Waals surface area (Å²) in [5.41, 5.74) is 8.83. The summed E-state index contributed by atoms with van der Waals surface area (Å²) in [6, 6.07) is 8.75. The van der Waals surface area contributed by atoms with Gasteiger partial charge in [0, 0.05) is 60.9 Å². The maximum Gasteiger partial charge on any atom is 0.145 e. The first kappa shape index (κ1) is 36.8. The molecule has 0 fully saturated rings. The zero-order valence-electron chi connectivity index (χ0n) is 28.0. The van der Waals surface area contributed by atoms with Crippen molar-refractivity contribution in [2.75, 3.05) is 19.7 Å². The van der Waals surface area contributed by atoms with Gasteiger partial charge in [0.1, 0.15) is 11.5 Å². The maximum absolute atomic E-state index is 5.89. The van der Waals surface area contributed by atoms with E-state index in [0.717, 1.165) is 49.5 Å². The molecule has 1 radical (unpaired) electrons. The number of aliphatic imine (C=N–C) groups is 1. The fraction of sp³-hybridized carbons (Fsp3) is 0.556. The lowest BCUT2D eigenvalue weighted by atomic mass is 9.84. The van der Waals surface area contributed by atoms with Gasteiger partial charge in [-0.25, -0.2) is 0 Å². The Morgan fingerprint density at radius 2 is 1.44 bits per heavy atom. The number of thiol groups is 1. The van der Waals surface area contributed by atoms with Crippen molar-refractivity contribution in [1.29, 1.82) is 0 Å². The summed E-state index contributed by atoms with van der Waals surface area (Å²) < 4.78 is 11.3. The maximum atomic E-state index is 5.89. The van der Waals surface area contributed by atoms with Crippen molar-refractivity contribution in [3.05, 3.63) is 75.7 Å². The third kappa shape index (κ3) is 12.7. The molecule has 41 heavy (non-hydrogen) atoms. The highest BCUT2D eigenvalue weighted by Gasteiger charge is 2.23. The van der Waals surface area contributed by atoms with Gasteiger partial charge in [0.05, 0.1) is 6.61 Å². The average molecular weight is 582 g/mol. The minimum absolute atomic E-state index is 0.0482. The van der Waals surface area contributed by atoms with Crippen molar-refractivity contribution < 1.29 is 8.92 Å². The number of benzene rings is 2. The Balaban J connectivity index is 0.000000387. The minimum atomic E-state index is 0.0482. The number of ether oxygens (including phenoxy) is 1. The molecule has 0 bridgehead atoms. The molecule has 0 heterocycles. The number of allylic oxidation sites excluding steroid dienone is 1. The first-order valence-electron chi connectivity index (χ1n) is 15.3. The molecule has 0 saturated carbocycles. The van der Waals surface area contributed by atoms with Gasteiger partial charge in [-0.3, -0.25) is 4.99 Å². The summed E-state index contributed by atoms with van der Waals surface area (Å²) in [7, 11) is 0. The molecule has 0 unspecified atom stereocenters. The standard InChI is InChI=1S/C17H24NOS.C17H27NO.C2H6/c1-12-9-14(11-18-8-7-13-5-6-13)16(19-20)15(10-12)17(2,3)4;1-7-9-18-12-14-10-13(3)11-15(17(4,5)6)16(14)19-8-2;1-2/h5-6,9-10,18,20H,7-8,11H2,1-4H3;10-12H,7-9H2,1-6H3;1-2H3. The summed E-state index contributed by atoms with van der Waals surface area (Å²) in [6.07, 6.45) is 8.45. The van der Waals surface area contributed by atoms with Gasteiger partial charge in [-0.1, -0.05) is 97.7 Å². The lowest BCUT2D eigenvalue weighted by Gasteiger charge is -2.24. The Bertz CT molecular complexity index is 1140. The summed E-state index contributed by atoms with van der Waals surface area (Å²) >= 11 is 4.06. The predicted molar refractivity (Wildman–Crippen MR) is 183 cm³/mol. The van der Waals surface area contributed by atoms with Gasteiger partial charge in [-0.15, -0.1) is 0 Å². The van der Waals surface area contributed by atoms with Crippen molar-refractivity contribution in [2.24, 2.45) is 4.99 Å². The molecule has 0 spiro atoms.